The third-order valence-corrected chi connectivity index (χ3v) is 4.03. The smallest absolute Gasteiger partial charge is 0.406 e. The molecule has 0 aliphatic carbocycles. The molecule has 1 aromatic heterocycles. The van der Waals surface area contributed by atoms with E-state index in [1.807, 2.05) is 31.3 Å². The molecule has 1 aliphatic rings. The van der Waals surface area contributed by atoms with Gasteiger partial charge in [0.25, 0.3) is 0 Å². The summed E-state index contributed by atoms with van der Waals surface area (Å²) in [5, 5.41) is 4.19. The van der Waals surface area contributed by atoms with Crippen molar-refractivity contribution >= 4 is 11.3 Å². The number of anilines is 1. The maximum atomic E-state index is 12.4. The van der Waals surface area contributed by atoms with Crippen molar-refractivity contribution in [2.75, 3.05) is 11.4 Å². The van der Waals surface area contributed by atoms with Crippen molar-refractivity contribution in [2.45, 2.75) is 20.2 Å². The topological polar surface area (TPSA) is 30.3 Å². The van der Waals surface area contributed by atoms with Gasteiger partial charge in [0.2, 0.25) is 0 Å². The molecule has 132 valence electrons. The number of hydrogen-bond acceptors (Lipinski definition) is 3. The molecule has 1 aliphatic heterocycles. The Balaban J connectivity index is 1.90. The largest absolute Gasteiger partial charge is 0.573 e. The second-order valence-electron chi connectivity index (χ2n) is 5.98. The second-order valence-corrected chi connectivity index (χ2v) is 5.98. The molecule has 0 saturated carbocycles. The number of nitrogens with zero attached hydrogens (tertiary/aromatic N) is 3. The van der Waals surface area contributed by atoms with Gasteiger partial charge >= 0.3 is 6.36 Å². The Labute approximate surface area is 143 Å². The summed E-state index contributed by atoms with van der Waals surface area (Å²) in [5.41, 5.74) is 4.71. The Bertz CT molecular complexity index is 849. The third-order valence-electron chi connectivity index (χ3n) is 4.03. The van der Waals surface area contributed by atoms with Crippen molar-refractivity contribution in [1.29, 1.82) is 0 Å². The second kappa shape index (κ2) is 6.31. The van der Waals surface area contributed by atoms with Gasteiger partial charge < -0.3 is 9.64 Å². The van der Waals surface area contributed by atoms with Crippen molar-refractivity contribution in [3.63, 3.8) is 0 Å². The Morgan fingerprint density at radius 2 is 1.96 bits per heavy atom. The summed E-state index contributed by atoms with van der Waals surface area (Å²) in [4.78, 5) is 2.00. The van der Waals surface area contributed by atoms with Gasteiger partial charge in [-0.2, -0.15) is 5.10 Å². The van der Waals surface area contributed by atoms with Crippen LogP contribution in [-0.4, -0.2) is 22.7 Å². The number of ether oxygens (including phenoxy) is 1. The van der Waals surface area contributed by atoms with Crippen LogP contribution >= 0.6 is 0 Å². The van der Waals surface area contributed by atoms with Crippen molar-refractivity contribution in [3.05, 3.63) is 59.6 Å². The van der Waals surface area contributed by atoms with Gasteiger partial charge in [-0.1, -0.05) is 6.08 Å². The van der Waals surface area contributed by atoms with E-state index in [2.05, 4.69) is 15.9 Å². The molecule has 0 saturated heterocycles. The number of allylic oxidation sites excluding steroid dienone is 2. The van der Waals surface area contributed by atoms with Gasteiger partial charge in [-0.05, 0) is 43.2 Å². The van der Waals surface area contributed by atoms with E-state index >= 15 is 0 Å². The number of aromatic nitrogens is 2. The Hall–Kier alpha value is -2.70. The van der Waals surface area contributed by atoms with E-state index in [0.717, 1.165) is 22.4 Å². The first kappa shape index (κ1) is 17.1. The van der Waals surface area contributed by atoms with Crippen molar-refractivity contribution in [2.24, 2.45) is 7.05 Å². The van der Waals surface area contributed by atoms with Gasteiger partial charge in [-0.3, -0.25) is 4.68 Å². The summed E-state index contributed by atoms with van der Waals surface area (Å²) in [6.07, 6.45) is 3.12. The lowest BCUT2D eigenvalue weighted by Gasteiger charge is -2.27. The molecule has 7 heteroatoms. The molecular weight excluding hydrogens is 331 g/mol. The van der Waals surface area contributed by atoms with Crippen LogP contribution in [0.1, 0.15) is 18.1 Å². The number of halogens is 3. The predicted molar refractivity (Wildman–Crippen MR) is 90.2 cm³/mol. The minimum absolute atomic E-state index is 0.214. The van der Waals surface area contributed by atoms with E-state index in [1.165, 1.54) is 12.1 Å². The number of benzene rings is 1. The number of aryl methyl sites for hydroxylation is 2. The van der Waals surface area contributed by atoms with Crippen LogP contribution in [0.15, 0.2) is 48.4 Å². The highest BCUT2D eigenvalue weighted by molar-refractivity contribution is 5.82. The average molecular weight is 349 g/mol. The molecule has 0 atom stereocenters. The summed E-state index contributed by atoms with van der Waals surface area (Å²) in [6, 6.07) is 4.37. The fourth-order valence-corrected chi connectivity index (χ4v) is 2.83. The zero-order valence-electron chi connectivity index (χ0n) is 14.1. The van der Waals surface area contributed by atoms with Crippen LogP contribution in [0.2, 0.25) is 0 Å². The number of hydrogen-bond donors (Lipinski definition) is 0. The highest BCUT2D eigenvalue weighted by Crippen LogP contribution is 2.33. The van der Waals surface area contributed by atoms with E-state index in [9.17, 15) is 13.2 Å². The van der Waals surface area contributed by atoms with E-state index in [4.69, 9.17) is 0 Å². The van der Waals surface area contributed by atoms with Crippen LogP contribution < -0.4 is 9.64 Å². The third kappa shape index (κ3) is 3.87. The molecule has 0 amide bonds. The van der Waals surface area contributed by atoms with E-state index in [1.54, 1.807) is 23.9 Å². The average Bonchev–Trinajstić information content (AvgIpc) is 2.93. The highest BCUT2D eigenvalue weighted by atomic mass is 19.4. The monoisotopic (exact) mass is 349 g/mol. The first-order valence-corrected chi connectivity index (χ1v) is 7.74. The van der Waals surface area contributed by atoms with Gasteiger partial charge in [-0.25, -0.2) is 0 Å². The van der Waals surface area contributed by atoms with Crippen LogP contribution in [0.4, 0.5) is 18.9 Å². The first-order chi connectivity index (χ1) is 11.7. The maximum Gasteiger partial charge on any atom is 0.573 e. The summed E-state index contributed by atoms with van der Waals surface area (Å²) in [5.74, 6) is -0.214. The van der Waals surface area contributed by atoms with Gasteiger partial charge in [0, 0.05) is 42.8 Å². The Morgan fingerprint density at radius 1 is 1.20 bits per heavy atom. The summed E-state index contributed by atoms with van der Waals surface area (Å²) >= 11 is 0. The summed E-state index contributed by atoms with van der Waals surface area (Å²) < 4.78 is 42.8. The standard InChI is InChI=1S/C18H18F3N3O/c1-12-6-7-24(11-16(12)14-9-22-23(3)10-14)17-5-4-15(8-13(17)2)25-18(19,20)21/h4-6,8-11H,7H2,1-3H3. The Morgan fingerprint density at radius 3 is 2.56 bits per heavy atom. The van der Waals surface area contributed by atoms with Gasteiger partial charge in [-0.15, -0.1) is 13.2 Å². The normalized spacial score (nSPS) is 15.0. The van der Waals surface area contributed by atoms with Crippen LogP contribution in [0.3, 0.4) is 0 Å². The van der Waals surface area contributed by atoms with Gasteiger partial charge in [0.15, 0.2) is 0 Å². The molecule has 0 bridgehead atoms. The molecule has 4 nitrogen and oxygen atoms in total. The summed E-state index contributed by atoms with van der Waals surface area (Å²) in [6.45, 7) is 4.44. The number of alkyl halides is 3. The SMILES string of the molecule is CC1=CCN(c2ccc(OC(F)(F)F)cc2C)C=C1c1cnn(C)c1. The van der Waals surface area contributed by atoms with Crippen LogP contribution in [0.5, 0.6) is 5.75 Å². The lowest BCUT2D eigenvalue weighted by atomic mass is 9.99. The maximum absolute atomic E-state index is 12.4. The van der Waals surface area contributed by atoms with Crippen LogP contribution in [0.25, 0.3) is 5.57 Å². The first-order valence-electron chi connectivity index (χ1n) is 7.74. The molecule has 1 aromatic carbocycles. The fraction of sp³-hybridized carbons (Fsp3) is 0.278. The molecule has 0 unspecified atom stereocenters. The van der Waals surface area contributed by atoms with E-state index < -0.39 is 6.36 Å². The molecule has 0 fully saturated rings. The van der Waals surface area contributed by atoms with Gasteiger partial charge in [0.05, 0.1) is 6.20 Å². The minimum atomic E-state index is -4.69. The lowest BCUT2D eigenvalue weighted by molar-refractivity contribution is -0.274. The van der Waals surface area contributed by atoms with E-state index in [-0.39, 0.29) is 5.75 Å². The van der Waals surface area contributed by atoms with Gasteiger partial charge in [0.1, 0.15) is 5.75 Å². The minimum Gasteiger partial charge on any atom is -0.406 e. The molecule has 0 spiro atoms. The number of rotatable bonds is 3. The van der Waals surface area contributed by atoms with Crippen molar-refractivity contribution in [3.8, 4) is 5.75 Å². The zero-order valence-corrected chi connectivity index (χ0v) is 14.1. The quantitative estimate of drug-likeness (QED) is 0.821. The lowest BCUT2D eigenvalue weighted by Crippen LogP contribution is -2.21. The Kier molecular flexibility index (Phi) is 4.32. The molecule has 0 radical (unpaired) electrons. The van der Waals surface area contributed by atoms with Crippen LogP contribution in [0, 0.1) is 6.92 Å². The van der Waals surface area contributed by atoms with Crippen molar-refractivity contribution in [1.82, 2.24) is 9.78 Å². The zero-order chi connectivity index (χ0) is 18.2. The molecule has 2 heterocycles. The molecule has 3 rings (SSSR count). The predicted octanol–water partition coefficient (Wildman–Crippen LogP) is 4.43. The van der Waals surface area contributed by atoms with Crippen molar-refractivity contribution < 1.29 is 17.9 Å². The molecule has 0 N–H and O–H groups in total. The molecule has 2 aromatic rings. The summed E-state index contributed by atoms with van der Waals surface area (Å²) in [7, 11) is 1.85. The molecular formula is C18H18F3N3O. The van der Waals surface area contributed by atoms with E-state index in [0.29, 0.717) is 12.1 Å². The fourth-order valence-electron chi connectivity index (χ4n) is 2.83. The van der Waals surface area contributed by atoms with Crippen LogP contribution in [-0.2, 0) is 7.05 Å². The highest BCUT2D eigenvalue weighted by Gasteiger charge is 2.31. The molecule has 25 heavy (non-hydrogen) atoms.